The number of nitro benzene ring substituents is 3. The number of non-ortho nitro benzene ring substituents is 1. The Labute approximate surface area is 154 Å². The van der Waals surface area contributed by atoms with Gasteiger partial charge in [0.25, 0.3) is 11.4 Å². The average molecular weight is 393 g/mol. The topological polar surface area (TPSA) is 163 Å². The molecule has 0 bridgehead atoms. The van der Waals surface area contributed by atoms with Gasteiger partial charge in [0.1, 0.15) is 0 Å². The van der Waals surface area contributed by atoms with E-state index in [9.17, 15) is 30.3 Å². The summed E-state index contributed by atoms with van der Waals surface area (Å²) in [6, 6.07) is 10.5. The largest absolute Gasteiger partial charge is 0.497 e. The lowest BCUT2D eigenvalue weighted by Crippen LogP contribution is -1.97. The summed E-state index contributed by atoms with van der Waals surface area (Å²) < 4.78 is 0. The van der Waals surface area contributed by atoms with E-state index in [1.807, 2.05) is 24.3 Å². The maximum atomic E-state index is 10.4. The fraction of sp³-hybridized carbons (Fsp3) is 0. The lowest BCUT2D eigenvalue weighted by atomic mass is 10.2. The van der Waals surface area contributed by atoms with E-state index in [4.69, 9.17) is 16.7 Å². The summed E-state index contributed by atoms with van der Waals surface area (Å²) in [6.07, 6.45) is 1.71. The van der Waals surface area contributed by atoms with E-state index in [-0.39, 0.29) is 0 Å². The van der Waals surface area contributed by atoms with Crippen LogP contribution in [0.2, 0.25) is 5.02 Å². The molecule has 0 atom stereocenters. The molecule has 138 valence electrons. The molecule has 2 aromatic carbocycles. The van der Waals surface area contributed by atoms with Crippen molar-refractivity contribution in [2.24, 2.45) is 0 Å². The maximum Gasteiger partial charge on any atom is 0.324 e. The van der Waals surface area contributed by atoms with Crippen molar-refractivity contribution in [3.05, 3.63) is 84.0 Å². The van der Waals surface area contributed by atoms with Crippen LogP contribution in [0.4, 0.5) is 17.1 Å². The summed E-state index contributed by atoms with van der Waals surface area (Å²) in [6.45, 7) is 0. The Kier molecular flexibility index (Phi) is 5.78. The molecule has 0 aliphatic heterocycles. The third-order valence-electron chi connectivity index (χ3n) is 3.25. The summed E-state index contributed by atoms with van der Waals surface area (Å²) in [5, 5.41) is 42.0. The van der Waals surface area contributed by atoms with Crippen molar-refractivity contribution in [1.82, 2.24) is 4.98 Å². The van der Waals surface area contributed by atoms with Crippen LogP contribution in [-0.4, -0.2) is 24.9 Å². The Morgan fingerprint density at radius 2 is 1.44 bits per heavy atom. The maximum absolute atomic E-state index is 10.4. The quantitative estimate of drug-likeness (QED) is 0.516. The molecule has 11 nitrogen and oxygen atoms in total. The first-order valence-electron chi connectivity index (χ1n) is 7.01. The fourth-order valence-electron chi connectivity index (χ4n) is 2.03. The molecular weight excluding hydrogens is 384 g/mol. The molecular formula is C15H9ClN4O7. The first-order valence-corrected chi connectivity index (χ1v) is 7.39. The smallest absolute Gasteiger partial charge is 0.324 e. The Morgan fingerprint density at radius 3 is 1.93 bits per heavy atom. The zero-order valence-electron chi connectivity index (χ0n) is 13.2. The van der Waals surface area contributed by atoms with Gasteiger partial charge in [-0.25, -0.2) is 0 Å². The van der Waals surface area contributed by atoms with Gasteiger partial charge < -0.3 is 5.11 Å². The normalized spacial score (nSPS) is 9.96. The van der Waals surface area contributed by atoms with Crippen LogP contribution in [-0.2, 0) is 0 Å². The van der Waals surface area contributed by atoms with E-state index in [1.165, 1.54) is 0 Å². The van der Waals surface area contributed by atoms with Gasteiger partial charge in [0.05, 0.1) is 37.4 Å². The van der Waals surface area contributed by atoms with Crippen LogP contribution in [0.3, 0.4) is 0 Å². The van der Waals surface area contributed by atoms with Crippen molar-refractivity contribution in [3.63, 3.8) is 0 Å². The van der Waals surface area contributed by atoms with E-state index in [0.29, 0.717) is 12.1 Å². The molecule has 0 aliphatic rings. The van der Waals surface area contributed by atoms with Crippen molar-refractivity contribution in [1.29, 1.82) is 0 Å². The Balaban J connectivity index is 0.000000206. The van der Waals surface area contributed by atoms with Gasteiger partial charge >= 0.3 is 11.4 Å². The predicted molar refractivity (Wildman–Crippen MR) is 94.8 cm³/mol. The number of benzene rings is 2. The molecule has 3 aromatic rings. The van der Waals surface area contributed by atoms with E-state index in [0.717, 1.165) is 15.9 Å². The van der Waals surface area contributed by atoms with Gasteiger partial charge in [-0.05, 0) is 12.1 Å². The molecule has 0 fully saturated rings. The number of phenolic OH excluding ortho intramolecular Hbond substituents is 1. The number of para-hydroxylation sites is 1. The number of aromatic nitrogens is 1. The molecule has 1 heterocycles. The number of hydrogen-bond acceptors (Lipinski definition) is 8. The molecule has 0 unspecified atom stereocenters. The fourth-order valence-corrected chi connectivity index (χ4v) is 2.25. The number of aromatic hydroxyl groups is 1. The first kappa shape index (κ1) is 19.5. The molecule has 0 saturated heterocycles. The van der Waals surface area contributed by atoms with Crippen LogP contribution in [0, 0.1) is 30.3 Å². The minimum absolute atomic E-state index is 0.447. The highest BCUT2D eigenvalue weighted by molar-refractivity contribution is 6.35. The third kappa shape index (κ3) is 4.41. The van der Waals surface area contributed by atoms with Crippen LogP contribution in [0.15, 0.2) is 48.7 Å². The summed E-state index contributed by atoms with van der Waals surface area (Å²) in [5.74, 6) is -1.21. The molecule has 0 spiro atoms. The molecule has 0 saturated carbocycles. The van der Waals surface area contributed by atoms with Crippen molar-refractivity contribution >= 4 is 39.6 Å². The summed E-state index contributed by atoms with van der Waals surface area (Å²) in [4.78, 5) is 31.9. The molecule has 1 N–H and O–H groups in total. The number of phenols is 1. The van der Waals surface area contributed by atoms with Crippen LogP contribution in [0.5, 0.6) is 5.75 Å². The van der Waals surface area contributed by atoms with Crippen molar-refractivity contribution < 1.29 is 19.9 Å². The number of rotatable bonds is 3. The molecule has 0 radical (unpaired) electrons. The number of hydrogen-bond donors (Lipinski definition) is 1. The molecule has 27 heavy (non-hydrogen) atoms. The molecule has 0 aliphatic carbocycles. The second kappa shape index (κ2) is 8.01. The SMILES string of the molecule is Clc1ccnc2ccccc12.O=[N+]([O-])c1cc([N+](=O)[O-])c(O)c([N+](=O)[O-])c1. The Morgan fingerprint density at radius 1 is 0.889 bits per heavy atom. The summed E-state index contributed by atoms with van der Waals surface area (Å²) >= 11 is 5.92. The third-order valence-corrected chi connectivity index (χ3v) is 3.58. The van der Waals surface area contributed by atoms with E-state index in [2.05, 4.69) is 4.98 Å². The van der Waals surface area contributed by atoms with Gasteiger partial charge in [-0.3, -0.25) is 35.3 Å². The Hall–Kier alpha value is -3.86. The zero-order valence-corrected chi connectivity index (χ0v) is 13.9. The highest BCUT2D eigenvalue weighted by Gasteiger charge is 2.30. The molecule has 3 rings (SSSR count). The minimum atomic E-state index is -1.21. The number of halogens is 1. The van der Waals surface area contributed by atoms with E-state index < -0.39 is 37.6 Å². The van der Waals surface area contributed by atoms with E-state index in [1.54, 1.807) is 12.3 Å². The first-order chi connectivity index (χ1) is 12.7. The van der Waals surface area contributed by atoms with Gasteiger partial charge in [-0.15, -0.1) is 0 Å². The van der Waals surface area contributed by atoms with Crippen LogP contribution in [0.25, 0.3) is 10.9 Å². The van der Waals surface area contributed by atoms with Gasteiger partial charge in [0, 0.05) is 11.6 Å². The van der Waals surface area contributed by atoms with Gasteiger partial charge in [0.15, 0.2) is 0 Å². The second-order valence-electron chi connectivity index (χ2n) is 4.91. The summed E-state index contributed by atoms with van der Waals surface area (Å²) in [7, 11) is 0. The second-order valence-corrected chi connectivity index (χ2v) is 5.32. The van der Waals surface area contributed by atoms with Crippen LogP contribution in [0.1, 0.15) is 0 Å². The highest BCUT2D eigenvalue weighted by Crippen LogP contribution is 2.38. The molecule has 12 heteroatoms. The van der Waals surface area contributed by atoms with Crippen LogP contribution < -0.4 is 0 Å². The Bertz CT molecular complexity index is 1020. The predicted octanol–water partition coefficient (Wildman–Crippen LogP) is 4.01. The van der Waals surface area contributed by atoms with Gasteiger partial charge in [0.2, 0.25) is 0 Å². The number of nitro groups is 3. The molecule has 1 aromatic heterocycles. The van der Waals surface area contributed by atoms with E-state index >= 15 is 0 Å². The lowest BCUT2D eigenvalue weighted by molar-refractivity contribution is -0.404. The monoisotopic (exact) mass is 392 g/mol. The van der Waals surface area contributed by atoms with Crippen molar-refractivity contribution in [3.8, 4) is 5.75 Å². The van der Waals surface area contributed by atoms with Gasteiger partial charge in [-0.1, -0.05) is 29.8 Å². The number of fused-ring (bicyclic) bond motifs is 1. The zero-order chi connectivity index (χ0) is 20.1. The van der Waals surface area contributed by atoms with Crippen molar-refractivity contribution in [2.45, 2.75) is 0 Å². The number of pyridine rings is 1. The minimum Gasteiger partial charge on any atom is -0.497 e. The highest BCUT2D eigenvalue weighted by atomic mass is 35.5. The number of nitrogens with zero attached hydrogens (tertiary/aromatic N) is 4. The average Bonchev–Trinajstić information content (AvgIpc) is 2.62. The summed E-state index contributed by atoms with van der Waals surface area (Å²) in [5.41, 5.74) is -2.06. The van der Waals surface area contributed by atoms with Crippen LogP contribution >= 0.6 is 11.6 Å². The molecule has 0 amide bonds. The van der Waals surface area contributed by atoms with Gasteiger partial charge in [-0.2, -0.15) is 0 Å². The lowest BCUT2D eigenvalue weighted by Gasteiger charge is -1.97. The standard InChI is InChI=1S/C9H6ClN.C6H3N3O7/c10-8-5-6-11-9-4-2-1-3-7(8)9;10-6-4(8(13)14)1-3(7(11)12)2-5(6)9(15)16/h1-6H;1-2,10H. The van der Waals surface area contributed by atoms with Crippen molar-refractivity contribution in [2.75, 3.05) is 0 Å².